The number of carboxylic acid groups (broad SMARTS) is 1. The number of thiophene rings is 1. The molecule has 0 amide bonds. The summed E-state index contributed by atoms with van der Waals surface area (Å²) in [5.41, 5.74) is 3.94. The Labute approximate surface area is 179 Å². The number of aromatic nitrogens is 1. The first-order valence-electron chi connectivity index (χ1n) is 9.87. The molecule has 2 heterocycles. The molecule has 0 spiro atoms. The summed E-state index contributed by atoms with van der Waals surface area (Å²) in [4.78, 5) is 21.0. The van der Waals surface area contributed by atoms with Gasteiger partial charge in [0.25, 0.3) is 0 Å². The number of thiazole rings is 1. The smallest absolute Gasteiger partial charge is 0.337 e. The molecule has 1 N–H and O–H groups in total. The summed E-state index contributed by atoms with van der Waals surface area (Å²) in [7, 11) is 2.08. The standard InChI is InChI=1S/C23H26N2O2S2/c1-23(2)9-8-18-17(12-23)20(22(26)27)21(29-18)16-7-5-4-6-15(16)13-25(3)14-19-24-10-11-28-19/h4-7,10-11H,8-9,12-14H2,1-3H3,(H,26,27). The minimum absolute atomic E-state index is 0.156. The van der Waals surface area contributed by atoms with E-state index in [9.17, 15) is 9.90 Å². The maximum absolute atomic E-state index is 12.3. The number of fused-ring (bicyclic) bond motifs is 1. The van der Waals surface area contributed by atoms with Crippen molar-refractivity contribution in [2.75, 3.05) is 7.05 Å². The molecule has 3 aromatic rings. The number of benzene rings is 1. The van der Waals surface area contributed by atoms with E-state index < -0.39 is 5.97 Å². The Morgan fingerprint density at radius 2 is 2.07 bits per heavy atom. The van der Waals surface area contributed by atoms with E-state index >= 15 is 0 Å². The summed E-state index contributed by atoms with van der Waals surface area (Å²) < 4.78 is 0. The normalized spacial score (nSPS) is 15.4. The van der Waals surface area contributed by atoms with Crippen molar-refractivity contribution in [2.24, 2.45) is 5.41 Å². The molecule has 1 aliphatic carbocycles. The Bertz CT molecular complexity index is 1020. The fourth-order valence-corrected chi connectivity index (χ4v) is 6.19. The minimum atomic E-state index is -0.804. The van der Waals surface area contributed by atoms with E-state index in [0.29, 0.717) is 5.56 Å². The van der Waals surface area contributed by atoms with Crippen LogP contribution < -0.4 is 0 Å². The molecule has 29 heavy (non-hydrogen) atoms. The molecule has 4 rings (SSSR count). The van der Waals surface area contributed by atoms with Gasteiger partial charge in [0.2, 0.25) is 0 Å². The summed E-state index contributed by atoms with van der Waals surface area (Å²) in [6.45, 7) is 6.01. The summed E-state index contributed by atoms with van der Waals surface area (Å²) in [6.07, 6.45) is 4.75. The number of rotatable bonds is 6. The predicted octanol–water partition coefficient (Wildman–Crippen LogP) is 5.72. The van der Waals surface area contributed by atoms with E-state index in [-0.39, 0.29) is 5.41 Å². The van der Waals surface area contributed by atoms with Crippen LogP contribution in [-0.4, -0.2) is 28.0 Å². The van der Waals surface area contributed by atoms with Crippen molar-refractivity contribution in [1.29, 1.82) is 0 Å². The molecule has 0 saturated carbocycles. The fraction of sp³-hybridized carbons (Fsp3) is 0.391. The van der Waals surface area contributed by atoms with E-state index in [1.807, 2.05) is 23.7 Å². The topological polar surface area (TPSA) is 53.4 Å². The third kappa shape index (κ3) is 4.29. The van der Waals surface area contributed by atoms with Crippen LogP contribution in [0.2, 0.25) is 0 Å². The lowest BCUT2D eigenvalue weighted by molar-refractivity contribution is 0.0696. The van der Waals surface area contributed by atoms with Gasteiger partial charge in [-0.1, -0.05) is 38.1 Å². The van der Waals surface area contributed by atoms with Crippen molar-refractivity contribution in [3.8, 4) is 10.4 Å². The van der Waals surface area contributed by atoms with Gasteiger partial charge in [0, 0.05) is 27.9 Å². The monoisotopic (exact) mass is 426 g/mol. The number of carbonyl (C=O) groups is 1. The summed E-state index contributed by atoms with van der Waals surface area (Å²) in [5.74, 6) is -0.804. The molecule has 152 valence electrons. The van der Waals surface area contributed by atoms with Gasteiger partial charge in [-0.05, 0) is 48.4 Å². The molecule has 2 aromatic heterocycles. The molecule has 0 fully saturated rings. The highest BCUT2D eigenvalue weighted by Crippen LogP contribution is 2.45. The highest BCUT2D eigenvalue weighted by atomic mass is 32.1. The molecule has 1 aromatic carbocycles. The van der Waals surface area contributed by atoms with Crippen molar-refractivity contribution >= 4 is 28.6 Å². The van der Waals surface area contributed by atoms with Gasteiger partial charge >= 0.3 is 5.97 Å². The van der Waals surface area contributed by atoms with E-state index in [2.05, 4.69) is 42.9 Å². The molecule has 6 heteroatoms. The Kier molecular flexibility index (Phi) is 5.60. The van der Waals surface area contributed by atoms with E-state index in [4.69, 9.17) is 0 Å². The zero-order chi connectivity index (χ0) is 20.6. The third-order valence-corrected chi connectivity index (χ3v) is 7.67. The first-order valence-corrected chi connectivity index (χ1v) is 11.6. The molecule has 0 saturated heterocycles. The average molecular weight is 427 g/mol. The molecule has 0 radical (unpaired) electrons. The Morgan fingerprint density at radius 3 is 2.79 bits per heavy atom. The van der Waals surface area contributed by atoms with E-state index in [1.165, 1.54) is 4.88 Å². The zero-order valence-corrected chi connectivity index (χ0v) is 18.7. The predicted molar refractivity (Wildman–Crippen MR) is 120 cm³/mol. The first-order chi connectivity index (χ1) is 13.8. The van der Waals surface area contributed by atoms with Crippen molar-refractivity contribution in [2.45, 2.75) is 46.2 Å². The van der Waals surface area contributed by atoms with Crippen LogP contribution in [0.3, 0.4) is 0 Å². The second kappa shape index (κ2) is 8.01. The molecule has 0 unspecified atom stereocenters. The maximum atomic E-state index is 12.3. The van der Waals surface area contributed by atoms with Crippen LogP contribution >= 0.6 is 22.7 Å². The SMILES string of the molecule is CN(Cc1nccs1)Cc1ccccc1-c1sc2c(c1C(=O)O)CC(C)(C)CC2. The van der Waals surface area contributed by atoms with Crippen LogP contribution in [0.15, 0.2) is 35.8 Å². The highest BCUT2D eigenvalue weighted by molar-refractivity contribution is 7.16. The molecular weight excluding hydrogens is 400 g/mol. The second-order valence-electron chi connectivity index (χ2n) is 8.61. The second-order valence-corrected chi connectivity index (χ2v) is 10.7. The summed E-state index contributed by atoms with van der Waals surface area (Å²) in [6, 6.07) is 8.23. The molecule has 0 bridgehead atoms. The fourth-order valence-electron chi connectivity index (χ4n) is 4.12. The molecule has 4 nitrogen and oxygen atoms in total. The van der Waals surface area contributed by atoms with Gasteiger partial charge in [-0.25, -0.2) is 9.78 Å². The number of aryl methyl sites for hydroxylation is 1. The molecule has 0 aliphatic heterocycles. The van der Waals surface area contributed by atoms with Gasteiger partial charge in [-0.15, -0.1) is 22.7 Å². The quantitative estimate of drug-likeness (QED) is 0.548. The van der Waals surface area contributed by atoms with Gasteiger partial charge < -0.3 is 5.11 Å². The van der Waals surface area contributed by atoms with Crippen LogP contribution in [0, 0.1) is 5.41 Å². The van der Waals surface area contributed by atoms with Crippen molar-refractivity contribution in [1.82, 2.24) is 9.88 Å². The van der Waals surface area contributed by atoms with Gasteiger partial charge in [-0.3, -0.25) is 4.90 Å². The number of hydrogen-bond donors (Lipinski definition) is 1. The average Bonchev–Trinajstić information content (AvgIpc) is 3.28. The van der Waals surface area contributed by atoms with Crippen LogP contribution in [0.4, 0.5) is 0 Å². The van der Waals surface area contributed by atoms with Crippen molar-refractivity contribution < 1.29 is 9.90 Å². The lowest BCUT2D eigenvalue weighted by Gasteiger charge is -2.29. The Balaban J connectivity index is 1.71. The first kappa shape index (κ1) is 20.3. The number of aromatic carboxylic acids is 1. The van der Waals surface area contributed by atoms with Crippen LogP contribution in [0.25, 0.3) is 10.4 Å². The van der Waals surface area contributed by atoms with Gasteiger partial charge in [0.15, 0.2) is 0 Å². The maximum Gasteiger partial charge on any atom is 0.337 e. The Hall–Kier alpha value is -2.02. The number of hydrogen-bond acceptors (Lipinski definition) is 5. The van der Waals surface area contributed by atoms with Gasteiger partial charge in [0.1, 0.15) is 5.01 Å². The number of carboxylic acids is 1. The number of nitrogens with zero attached hydrogens (tertiary/aromatic N) is 2. The molecular formula is C23H26N2O2S2. The summed E-state index contributed by atoms with van der Waals surface area (Å²) in [5, 5.41) is 13.2. The molecule has 1 aliphatic rings. The van der Waals surface area contributed by atoms with Crippen LogP contribution in [0.1, 0.15) is 51.6 Å². The largest absolute Gasteiger partial charge is 0.478 e. The third-order valence-electron chi connectivity index (χ3n) is 5.58. The Morgan fingerprint density at radius 1 is 1.28 bits per heavy atom. The van der Waals surface area contributed by atoms with Gasteiger partial charge in [-0.2, -0.15) is 0 Å². The van der Waals surface area contributed by atoms with Crippen LogP contribution in [-0.2, 0) is 25.9 Å². The lowest BCUT2D eigenvalue weighted by atomic mass is 9.76. The zero-order valence-electron chi connectivity index (χ0n) is 17.1. The van der Waals surface area contributed by atoms with Gasteiger partial charge in [0.05, 0.1) is 12.1 Å². The molecule has 0 atom stereocenters. The van der Waals surface area contributed by atoms with Crippen molar-refractivity contribution in [3.05, 3.63) is 62.4 Å². The minimum Gasteiger partial charge on any atom is -0.478 e. The lowest BCUT2D eigenvalue weighted by Crippen LogP contribution is -2.22. The van der Waals surface area contributed by atoms with Crippen LogP contribution in [0.5, 0.6) is 0 Å². The van der Waals surface area contributed by atoms with E-state index in [0.717, 1.165) is 58.9 Å². The highest BCUT2D eigenvalue weighted by Gasteiger charge is 2.33. The van der Waals surface area contributed by atoms with Crippen molar-refractivity contribution in [3.63, 3.8) is 0 Å². The summed E-state index contributed by atoms with van der Waals surface area (Å²) >= 11 is 3.34. The van der Waals surface area contributed by atoms with E-state index in [1.54, 1.807) is 22.7 Å².